The van der Waals surface area contributed by atoms with Gasteiger partial charge in [-0.05, 0) is 42.2 Å². The molecular formula is C17H17N. The van der Waals surface area contributed by atoms with Gasteiger partial charge in [-0.25, -0.2) is 0 Å². The zero-order chi connectivity index (χ0) is 12.4. The average Bonchev–Trinajstić information content (AvgIpc) is 2.47. The second-order valence-electron chi connectivity index (χ2n) is 4.68. The fourth-order valence-corrected chi connectivity index (χ4v) is 2.56. The van der Waals surface area contributed by atoms with Crippen molar-refractivity contribution in [1.29, 1.82) is 0 Å². The number of para-hydroxylation sites is 1. The van der Waals surface area contributed by atoms with Gasteiger partial charge in [0.05, 0.1) is 0 Å². The minimum absolute atomic E-state index is 1.14. The zero-order valence-corrected chi connectivity index (χ0v) is 10.6. The van der Waals surface area contributed by atoms with Crippen LogP contribution in [0.1, 0.15) is 17.5 Å². The van der Waals surface area contributed by atoms with Crippen LogP contribution in [0.3, 0.4) is 0 Å². The van der Waals surface area contributed by atoms with E-state index in [0.717, 1.165) is 12.8 Å². The number of rotatable bonds is 2. The van der Waals surface area contributed by atoms with Crippen LogP contribution in [-0.4, -0.2) is 7.05 Å². The van der Waals surface area contributed by atoms with Gasteiger partial charge in [-0.2, -0.15) is 0 Å². The molecule has 0 saturated heterocycles. The Labute approximate surface area is 108 Å². The van der Waals surface area contributed by atoms with E-state index < -0.39 is 0 Å². The van der Waals surface area contributed by atoms with Crippen LogP contribution < -0.4 is 4.90 Å². The van der Waals surface area contributed by atoms with Gasteiger partial charge in [-0.1, -0.05) is 42.5 Å². The highest BCUT2D eigenvalue weighted by molar-refractivity contribution is 5.72. The molecule has 0 radical (unpaired) electrons. The van der Waals surface area contributed by atoms with Crippen molar-refractivity contribution in [2.24, 2.45) is 0 Å². The average molecular weight is 235 g/mol. The number of hydrogen-bond donors (Lipinski definition) is 0. The number of anilines is 2. The van der Waals surface area contributed by atoms with Gasteiger partial charge >= 0.3 is 0 Å². The maximum atomic E-state index is 2.28. The minimum Gasteiger partial charge on any atom is -0.344 e. The van der Waals surface area contributed by atoms with E-state index in [1.807, 2.05) is 0 Å². The molecule has 0 N–H and O–H groups in total. The second-order valence-corrected chi connectivity index (χ2v) is 4.68. The second kappa shape index (κ2) is 4.69. The Morgan fingerprint density at radius 1 is 0.944 bits per heavy atom. The molecule has 0 aromatic heterocycles. The lowest BCUT2D eigenvalue weighted by atomic mass is 9.95. The van der Waals surface area contributed by atoms with Crippen molar-refractivity contribution in [3.05, 3.63) is 65.7 Å². The van der Waals surface area contributed by atoms with Crippen LogP contribution in [0.2, 0.25) is 0 Å². The Morgan fingerprint density at radius 3 is 2.61 bits per heavy atom. The van der Waals surface area contributed by atoms with Crippen LogP contribution in [0.5, 0.6) is 0 Å². The van der Waals surface area contributed by atoms with Crippen LogP contribution in [0.15, 0.2) is 54.6 Å². The molecule has 90 valence electrons. The molecule has 0 saturated carbocycles. The summed E-state index contributed by atoms with van der Waals surface area (Å²) in [5.74, 6) is 0. The third kappa shape index (κ3) is 1.92. The van der Waals surface area contributed by atoms with Crippen molar-refractivity contribution in [2.45, 2.75) is 12.8 Å². The first-order chi connectivity index (χ1) is 8.86. The lowest BCUT2D eigenvalue weighted by Crippen LogP contribution is -2.13. The Bertz CT molecular complexity index is 569. The van der Waals surface area contributed by atoms with E-state index in [-0.39, 0.29) is 0 Å². The van der Waals surface area contributed by atoms with Crippen molar-refractivity contribution in [3.8, 4) is 0 Å². The fourth-order valence-electron chi connectivity index (χ4n) is 2.56. The first kappa shape index (κ1) is 11.1. The van der Waals surface area contributed by atoms with E-state index in [4.69, 9.17) is 0 Å². The Kier molecular flexibility index (Phi) is 2.89. The summed E-state index contributed by atoms with van der Waals surface area (Å²) in [6, 6.07) is 17.1. The number of fused-ring (bicyclic) bond motifs is 1. The topological polar surface area (TPSA) is 3.24 Å². The third-order valence-electron chi connectivity index (χ3n) is 3.55. The molecule has 2 aromatic rings. The Balaban J connectivity index is 2.05. The van der Waals surface area contributed by atoms with Gasteiger partial charge in [0.2, 0.25) is 0 Å². The molecule has 0 aliphatic heterocycles. The maximum Gasteiger partial charge on any atom is 0.0446 e. The van der Waals surface area contributed by atoms with E-state index in [1.54, 1.807) is 0 Å². The lowest BCUT2D eigenvalue weighted by molar-refractivity contribution is 0.974. The highest BCUT2D eigenvalue weighted by Gasteiger charge is 2.13. The number of hydrogen-bond acceptors (Lipinski definition) is 1. The molecule has 0 bridgehead atoms. The summed E-state index contributed by atoms with van der Waals surface area (Å²) in [5.41, 5.74) is 5.39. The molecule has 0 unspecified atom stereocenters. The third-order valence-corrected chi connectivity index (χ3v) is 3.55. The summed E-state index contributed by atoms with van der Waals surface area (Å²) < 4.78 is 0. The maximum absolute atomic E-state index is 2.28. The quantitative estimate of drug-likeness (QED) is 0.745. The van der Waals surface area contributed by atoms with Crippen LogP contribution in [0.4, 0.5) is 11.4 Å². The Morgan fingerprint density at radius 2 is 1.78 bits per heavy atom. The molecule has 0 heterocycles. The standard InChI is InChI=1S/C17H17N/c1-18(15-10-3-2-4-11-15)17-13-7-9-14-8-5-6-12-16(14)17/h2-5,7-11,13H,6,12H2,1H3. The molecule has 18 heavy (non-hydrogen) atoms. The highest BCUT2D eigenvalue weighted by Crippen LogP contribution is 2.32. The molecule has 0 spiro atoms. The van der Waals surface area contributed by atoms with Crippen molar-refractivity contribution in [3.63, 3.8) is 0 Å². The molecule has 1 aliphatic carbocycles. The minimum atomic E-state index is 1.14. The predicted molar refractivity (Wildman–Crippen MR) is 78.3 cm³/mol. The van der Waals surface area contributed by atoms with Gasteiger partial charge in [0.25, 0.3) is 0 Å². The van der Waals surface area contributed by atoms with E-state index in [1.165, 1.54) is 22.5 Å². The summed E-state index contributed by atoms with van der Waals surface area (Å²) in [4.78, 5) is 2.28. The van der Waals surface area contributed by atoms with Gasteiger partial charge in [0.1, 0.15) is 0 Å². The highest BCUT2D eigenvalue weighted by atomic mass is 15.1. The molecule has 0 atom stereocenters. The molecule has 1 heteroatoms. The first-order valence-electron chi connectivity index (χ1n) is 6.43. The summed E-state index contributed by atoms with van der Waals surface area (Å²) in [6.07, 6.45) is 6.78. The number of nitrogens with zero attached hydrogens (tertiary/aromatic N) is 1. The van der Waals surface area contributed by atoms with E-state index in [0.29, 0.717) is 0 Å². The van der Waals surface area contributed by atoms with Gasteiger partial charge < -0.3 is 4.90 Å². The SMILES string of the molecule is CN(c1ccccc1)c1cccc2c1CCC=C2. The molecule has 2 aromatic carbocycles. The van der Waals surface area contributed by atoms with E-state index in [9.17, 15) is 0 Å². The summed E-state index contributed by atoms with van der Waals surface area (Å²) >= 11 is 0. The van der Waals surface area contributed by atoms with Gasteiger partial charge in [-0.3, -0.25) is 0 Å². The van der Waals surface area contributed by atoms with Crippen LogP contribution in [0.25, 0.3) is 6.08 Å². The van der Waals surface area contributed by atoms with E-state index >= 15 is 0 Å². The molecule has 1 nitrogen and oxygen atoms in total. The predicted octanol–water partition coefficient (Wildman–Crippen LogP) is 4.41. The van der Waals surface area contributed by atoms with E-state index in [2.05, 4.69) is 72.6 Å². The lowest BCUT2D eigenvalue weighted by Gasteiger charge is -2.25. The molecule has 1 aliphatic rings. The molecular weight excluding hydrogens is 218 g/mol. The van der Waals surface area contributed by atoms with Crippen LogP contribution >= 0.6 is 0 Å². The molecule has 0 amide bonds. The number of benzene rings is 2. The van der Waals surface area contributed by atoms with Gasteiger partial charge in [0.15, 0.2) is 0 Å². The van der Waals surface area contributed by atoms with Crippen molar-refractivity contribution in [2.75, 3.05) is 11.9 Å². The normalized spacial score (nSPS) is 13.2. The van der Waals surface area contributed by atoms with Crippen molar-refractivity contribution in [1.82, 2.24) is 0 Å². The molecule has 0 fully saturated rings. The van der Waals surface area contributed by atoms with Crippen molar-refractivity contribution < 1.29 is 0 Å². The first-order valence-corrected chi connectivity index (χ1v) is 6.43. The summed E-state index contributed by atoms with van der Waals surface area (Å²) in [5, 5.41) is 0. The van der Waals surface area contributed by atoms with Gasteiger partial charge in [-0.15, -0.1) is 0 Å². The smallest absolute Gasteiger partial charge is 0.0446 e. The Hall–Kier alpha value is -2.02. The van der Waals surface area contributed by atoms with Crippen LogP contribution in [0, 0.1) is 0 Å². The van der Waals surface area contributed by atoms with Crippen molar-refractivity contribution >= 4 is 17.5 Å². The monoisotopic (exact) mass is 235 g/mol. The summed E-state index contributed by atoms with van der Waals surface area (Å²) in [7, 11) is 2.14. The summed E-state index contributed by atoms with van der Waals surface area (Å²) in [6.45, 7) is 0. The zero-order valence-electron chi connectivity index (χ0n) is 10.6. The largest absolute Gasteiger partial charge is 0.344 e. The fraction of sp³-hybridized carbons (Fsp3) is 0.176. The van der Waals surface area contributed by atoms with Crippen LogP contribution in [-0.2, 0) is 6.42 Å². The van der Waals surface area contributed by atoms with Gasteiger partial charge in [0, 0.05) is 18.4 Å². The number of allylic oxidation sites excluding steroid dienone is 1. The molecule has 3 rings (SSSR count).